The van der Waals surface area contributed by atoms with Crippen molar-refractivity contribution in [1.29, 1.82) is 0 Å². The molecule has 0 unspecified atom stereocenters. The van der Waals surface area contributed by atoms with Crippen LogP contribution < -0.4 is 24.7 Å². The van der Waals surface area contributed by atoms with Gasteiger partial charge in [0.05, 0.1) is 19.4 Å². The first-order valence-electron chi connectivity index (χ1n) is 9.98. The number of hydrogen-bond acceptors (Lipinski definition) is 10. The predicted molar refractivity (Wildman–Crippen MR) is 116 cm³/mol. The van der Waals surface area contributed by atoms with Gasteiger partial charge in [0.25, 0.3) is 0 Å². The van der Waals surface area contributed by atoms with Gasteiger partial charge in [-0.3, -0.25) is 0 Å². The van der Waals surface area contributed by atoms with E-state index in [0.29, 0.717) is 36.8 Å². The summed E-state index contributed by atoms with van der Waals surface area (Å²) in [6, 6.07) is 3.74. The largest absolute Gasteiger partial charge is 0.454 e. The molecule has 0 atom stereocenters. The summed E-state index contributed by atoms with van der Waals surface area (Å²) in [5.41, 5.74) is 3.82. The van der Waals surface area contributed by atoms with E-state index in [1.54, 1.807) is 6.21 Å². The van der Waals surface area contributed by atoms with Crippen LogP contribution in [0.5, 0.6) is 11.5 Å². The summed E-state index contributed by atoms with van der Waals surface area (Å²) < 4.78 is 17.1. The summed E-state index contributed by atoms with van der Waals surface area (Å²) in [6.45, 7) is 5.01. The van der Waals surface area contributed by atoms with Gasteiger partial charge in [-0.1, -0.05) is 0 Å². The molecule has 0 radical (unpaired) electrons. The van der Waals surface area contributed by atoms with Crippen LogP contribution in [-0.2, 0) is 4.74 Å². The maximum atomic E-state index is 5.45. The van der Waals surface area contributed by atoms with Crippen molar-refractivity contribution in [3.05, 3.63) is 22.2 Å². The standard InChI is InChI=1S/C19H22BrN7O3/c20-14-10-16-15(29-12-30-16)9-13(14)11-21-25-17-22-18(26-3-1-2-4-26)24-19(23-17)27-5-7-28-8-6-27/h9-11H,1-8,12H2,(H,22,23,24,25)/b21-11+. The Morgan fingerprint density at radius 2 is 1.60 bits per heavy atom. The molecule has 2 aromatic rings. The zero-order valence-corrected chi connectivity index (χ0v) is 18.0. The van der Waals surface area contributed by atoms with E-state index in [1.165, 1.54) is 0 Å². The van der Waals surface area contributed by atoms with Gasteiger partial charge in [0, 0.05) is 36.2 Å². The third kappa shape index (κ3) is 4.12. The highest BCUT2D eigenvalue weighted by molar-refractivity contribution is 9.10. The van der Waals surface area contributed by atoms with Crippen molar-refractivity contribution in [2.45, 2.75) is 12.8 Å². The van der Waals surface area contributed by atoms with Gasteiger partial charge in [-0.05, 0) is 40.9 Å². The minimum Gasteiger partial charge on any atom is -0.454 e. The molecule has 0 bridgehead atoms. The normalized spacial score (nSPS) is 18.4. The molecule has 0 spiro atoms. The summed E-state index contributed by atoms with van der Waals surface area (Å²) in [6.07, 6.45) is 4.00. The Hall–Kier alpha value is -2.66. The van der Waals surface area contributed by atoms with Gasteiger partial charge >= 0.3 is 0 Å². The third-order valence-corrected chi connectivity index (χ3v) is 5.84. The van der Waals surface area contributed by atoms with Crippen molar-refractivity contribution in [2.75, 3.05) is 61.4 Å². The van der Waals surface area contributed by atoms with Crippen LogP contribution in [0.15, 0.2) is 21.7 Å². The highest BCUT2D eigenvalue weighted by Gasteiger charge is 2.21. The van der Waals surface area contributed by atoms with Crippen molar-refractivity contribution in [1.82, 2.24) is 15.0 Å². The smallest absolute Gasteiger partial charge is 0.250 e. The Kier molecular flexibility index (Phi) is 5.54. The van der Waals surface area contributed by atoms with E-state index in [4.69, 9.17) is 19.2 Å². The van der Waals surface area contributed by atoms with Gasteiger partial charge in [-0.2, -0.15) is 20.1 Å². The summed E-state index contributed by atoms with van der Waals surface area (Å²) in [5.74, 6) is 3.17. The highest BCUT2D eigenvalue weighted by Crippen LogP contribution is 2.36. The van der Waals surface area contributed by atoms with Gasteiger partial charge in [-0.15, -0.1) is 0 Å². The topological polar surface area (TPSA) is 97.2 Å². The number of hydrazone groups is 1. The molecule has 0 aliphatic carbocycles. The molecule has 11 heteroatoms. The molecule has 1 N–H and O–H groups in total. The van der Waals surface area contributed by atoms with Crippen LogP contribution in [0.3, 0.4) is 0 Å². The van der Waals surface area contributed by atoms with Crippen LogP contribution in [0.25, 0.3) is 0 Å². The molecule has 3 aliphatic heterocycles. The summed E-state index contributed by atoms with van der Waals surface area (Å²) in [7, 11) is 0. The molecule has 158 valence electrons. The fourth-order valence-corrected chi connectivity index (χ4v) is 3.98. The number of ether oxygens (including phenoxy) is 3. The van der Waals surface area contributed by atoms with Crippen LogP contribution in [0.4, 0.5) is 17.8 Å². The minimum atomic E-state index is 0.231. The fourth-order valence-electron chi connectivity index (χ4n) is 3.56. The molecule has 0 saturated carbocycles. The summed E-state index contributed by atoms with van der Waals surface area (Å²) >= 11 is 3.54. The maximum absolute atomic E-state index is 5.45. The van der Waals surface area contributed by atoms with E-state index in [9.17, 15) is 0 Å². The van der Waals surface area contributed by atoms with Crippen LogP contribution in [0.1, 0.15) is 18.4 Å². The molecule has 2 fully saturated rings. The van der Waals surface area contributed by atoms with Crippen LogP contribution in [0.2, 0.25) is 0 Å². The number of anilines is 3. The lowest BCUT2D eigenvalue weighted by molar-refractivity contribution is 0.122. The van der Waals surface area contributed by atoms with Crippen LogP contribution in [-0.4, -0.2) is 67.4 Å². The van der Waals surface area contributed by atoms with Crippen molar-refractivity contribution in [3.8, 4) is 11.5 Å². The highest BCUT2D eigenvalue weighted by atomic mass is 79.9. The number of morpholine rings is 1. The first-order valence-corrected chi connectivity index (χ1v) is 10.8. The van der Waals surface area contributed by atoms with E-state index in [2.05, 4.69) is 46.2 Å². The SMILES string of the molecule is Brc1cc2c(cc1/C=N/Nc1nc(N3CCCC3)nc(N3CCOCC3)n1)OCO2. The van der Waals surface area contributed by atoms with E-state index >= 15 is 0 Å². The van der Waals surface area contributed by atoms with E-state index < -0.39 is 0 Å². The number of aromatic nitrogens is 3. The third-order valence-electron chi connectivity index (χ3n) is 5.15. The second-order valence-electron chi connectivity index (χ2n) is 7.15. The van der Waals surface area contributed by atoms with Crippen molar-refractivity contribution < 1.29 is 14.2 Å². The molecule has 30 heavy (non-hydrogen) atoms. The van der Waals surface area contributed by atoms with Gasteiger partial charge < -0.3 is 24.0 Å². The zero-order chi connectivity index (χ0) is 20.3. The van der Waals surface area contributed by atoms with Gasteiger partial charge in [0.2, 0.25) is 24.6 Å². The first kappa shape index (κ1) is 19.3. The predicted octanol–water partition coefficient (Wildman–Crippen LogP) is 2.25. The lowest BCUT2D eigenvalue weighted by atomic mass is 10.2. The summed E-state index contributed by atoms with van der Waals surface area (Å²) in [4.78, 5) is 18.2. The average Bonchev–Trinajstić information content (AvgIpc) is 3.46. The number of nitrogens with zero attached hydrogens (tertiary/aromatic N) is 6. The minimum absolute atomic E-state index is 0.231. The second-order valence-corrected chi connectivity index (χ2v) is 8.00. The van der Waals surface area contributed by atoms with Gasteiger partial charge in [0.15, 0.2) is 11.5 Å². The Balaban J connectivity index is 1.37. The van der Waals surface area contributed by atoms with Crippen molar-refractivity contribution >= 4 is 40.0 Å². The molecule has 5 rings (SSSR count). The first-order chi connectivity index (χ1) is 14.8. The zero-order valence-electron chi connectivity index (χ0n) is 16.4. The molecule has 2 saturated heterocycles. The molecule has 1 aromatic carbocycles. The van der Waals surface area contributed by atoms with E-state index in [0.717, 1.165) is 54.8 Å². The monoisotopic (exact) mass is 475 g/mol. The molecule has 10 nitrogen and oxygen atoms in total. The van der Waals surface area contributed by atoms with Crippen molar-refractivity contribution in [2.24, 2.45) is 5.10 Å². The maximum Gasteiger partial charge on any atom is 0.250 e. The quantitative estimate of drug-likeness (QED) is 0.515. The number of fused-ring (bicyclic) bond motifs is 1. The molecular formula is C19H22BrN7O3. The fraction of sp³-hybridized carbons (Fsp3) is 0.474. The Morgan fingerprint density at radius 3 is 2.33 bits per heavy atom. The Morgan fingerprint density at radius 1 is 0.933 bits per heavy atom. The van der Waals surface area contributed by atoms with Crippen LogP contribution in [0, 0.1) is 0 Å². The Bertz CT molecular complexity index is 946. The number of rotatable bonds is 5. The molecule has 3 aliphatic rings. The average molecular weight is 476 g/mol. The number of benzene rings is 1. The molecular weight excluding hydrogens is 454 g/mol. The summed E-state index contributed by atoms with van der Waals surface area (Å²) in [5, 5.41) is 4.34. The van der Waals surface area contributed by atoms with E-state index in [1.807, 2.05) is 12.1 Å². The Labute approximate surface area is 182 Å². The molecule has 0 amide bonds. The number of nitrogens with one attached hydrogen (secondary N) is 1. The van der Waals surface area contributed by atoms with Crippen LogP contribution >= 0.6 is 15.9 Å². The number of hydrogen-bond donors (Lipinski definition) is 1. The van der Waals surface area contributed by atoms with E-state index in [-0.39, 0.29) is 6.79 Å². The van der Waals surface area contributed by atoms with Gasteiger partial charge in [0.1, 0.15) is 0 Å². The lowest BCUT2D eigenvalue weighted by Crippen LogP contribution is -2.38. The molecule has 4 heterocycles. The lowest BCUT2D eigenvalue weighted by Gasteiger charge is -2.27. The number of halogens is 1. The molecule has 1 aromatic heterocycles. The van der Waals surface area contributed by atoms with Crippen molar-refractivity contribution in [3.63, 3.8) is 0 Å². The van der Waals surface area contributed by atoms with Gasteiger partial charge in [-0.25, -0.2) is 5.43 Å². The second kappa shape index (κ2) is 8.60.